The van der Waals surface area contributed by atoms with Crippen LogP contribution in [0.25, 0.3) is 10.2 Å². The Balaban J connectivity index is 1.52. The molecule has 4 rings (SSSR count). The van der Waals surface area contributed by atoms with Crippen molar-refractivity contribution >= 4 is 61.6 Å². The second kappa shape index (κ2) is 10.2. The van der Waals surface area contributed by atoms with Crippen molar-refractivity contribution in [3.05, 3.63) is 83.9 Å². The lowest BCUT2D eigenvalue weighted by Gasteiger charge is -2.24. The van der Waals surface area contributed by atoms with Crippen LogP contribution in [0.3, 0.4) is 0 Å². The van der Waals surface area contributed by atoms with Crippen LogP contribution in [-0.4, -0.2) is 27.8 Å². The molecule has 1 atom stereocenters. The summed E-state index contributed by atoms with van der Waals surface area (Å²) < 4.78 is 1.02. The molecule has 2 amide bonds. The van der Waals surface area contributed by atoms with Gasteiger partial charge in [0.05, 0.1) is 26.9 Å². The Hall–Kier alpha value is -3.16. The molecule has 0 bridgehead atoms. The van der Waals surface area contributed by atoms with Gasteiger partial charge in [-0.2, -0.15) is 0 Å². The number of rotatable bonds is 7. The fraction of sp³-hybridized carbons (Fsp3) is 0.192. The van der Waals surface area contributed by atoms with Crippen molar-refractivity contribution in [3.63, 3.8) is 0 Å². The van der Waals surface area contributed by atoms with Gasteiger partial charge in [0.2, 0.25) is 11.8 Å². The molecule has 1 aromatic heterocycles. The number of amides is 2. The second-order valence-corrected chi connectivity index (χ2v) is 10.1. The van der Waals surface area contributed by atoms with Crippen molar-refractivity contribution in [2.45, 2.75) is 26.0 Å². The number of aromatic nitrogens is 1. The van der Waals surface area contributed by atoms with Crippen LogP contribution in [0.4, 0.5) is 16.5 Å². The lowest BCUT2D eigenvalue weighted by molar-refractivity contribution is -0.117. The van der Waals surface area contributed by atoms with E-state index in [-0.39, 0.29) is 17.6 Å². The molecule has 7 heteroatoms. The molecule has 0 spiro atoms. The number of thioether (sulfide) groups is 1. The van der Waals surface area contributed by atoms with Crippen molar-refractivity contribution < 1.29 is 9.59 Å². The minimum absolute atomic E-state index is 0.100. The van der Waals surface area contributed by atoms with Crippen molar-refractivity contribution in [1.29, 1.82) is 0 Å². The number of anilines is 3. The van der Waals surface area contributed by atoms with Gasteiger partial charge in [-0.3, -0.25) is 14.5 Å². The molecule has 33 heavy (non-hydrogen) atoms. The van der Waals surface area contributed by atoms with Gasteiger partial charge >= 0.3 is 0 Å². The maximum absolute atomic E-state index is 13.6. The Morgan fingerprint density at radius 3 is 2.42 bits per heavy atom. The molecule has 0 aliphatic heterocycles. The first-order valence-corrected chi connectivity index (χ1v) is 12.5. The average molecular weight is 476 g/mol. The van der Waals surface area contributed by atoms with E-state index in [1.165, 1.54) is 23.1 Å². The fourth-order valence-electron chi connectivity index (χ4n) is 3.37. The van der Waals surface area contributed by atoms with E-state index < -0.39 is 5.25 Å². The largest absolute Gasteiger partial charge is 0.325 e. The van der Waals surface area contributed by atoms with Crippen molar-refractivity contribution in [2.75, 3.05) is 16.0 Å². The van der Waals surface area contributed by atoms with Crippen LogP contribution in [-0.2, 0) is 9.59 Å². The number of benzene rings is 3. The van der Waals surface area contributed by atoms with E-state index in [1.54, 1.807) is 4.90 Å². The first-order valence-electron chi connectivity index (χ1n) is 10.7. The predicted octanol–water partition coefficient (Wildman–Crippen LogP) is 6.34. The Kier molecular flexibility index (Phi) is 7.11. The third-order valence-electron chi connectivity index (χ3n) is 5.20. The summed E-state index contributed by atoms with van der Waals surface area (Å²) in [6.07, 6.45) is 0. The molecule has 0 aliphatic rings. The fourth-order valence-corrected chi connectivity index (χ4v) is 5.08. The third-order valence-corrected chi connectivity index (χ3v) is 7.35. The molecule has 0 aliphatic carbocycles. The van der Waals surface area contributed by atoms with Crippen LogP contribution in [0.2, 0.25) is 0 Å². The number of carbonyl (C=O) groups excluding carboxylic acids is 2. The van der Waals surface area contributed by atoms with Crippen LogP contribution in [0.1, 0.15) is 18.1 Å². The molecule has 0 saturated carbocycles. The molecular weight excluding hydrogens is 450 g/mol. The lowest BCUT2D eigenvalue weighted by atomic mass is 10.2. The van der Waals surface area contributed by atoms with Gasteiger partial charge in [-0.25, -0.2) is 4.98 Å². The van der Waals surface area contributed by atoms with Crippen LogP contribution >= 0.6 is 23.1 Å². The maximum Gasteiger partial charge on any atom is 0.246 e. The maximum atomic E-state index is 13.6. The van der Waals surface area contributed by atoms with Gasteiger partial charge in [0.25, 0.3) is 0 Å². The Morgan fingerprint density at radius 2 is 1.70 bits per heavy atom. The molecule has 1 heterocycles. The molecule has 3 aromatic carbocycles. The number of carbonyl (C=O) groups is 2. The van der Waals surface area contributed by atoms with Gasteiger partial charge in [-0.05, 0) is 56.7 Å². The van der Waals surface area contributed by atoms with E-state index in [0.29, 0.717) is 5.13 Å². The summed E-state index contributed by atoms with van der Waals surface area (Å²) in [6.45, 7) is 5.82. The van der Waals surface area contributed by atoms with Crippen molar-refractivity contribution in [2.24, 2.45) is 0 Å². The molecule has 4 aromatic rings. The summed E-state index contributed by atoms with van der Waals surface area (Å²) >= 11 is 2.81. The smallest absolute Gasteiger partial charge is 0.246 e. The molecule has 0 radical (unpaired) electrons. The average Bonchev–Trinajstić information content (AvgIpc) is 3.24. The number of nitrogens with one attached hydrogen (secondary N) is 1. The standard InChI is InChI=1S/C26H25N3O2S2/c1-17-12-14-20(15-13-17)27-24(30)16-32-19(3)25(31)29(22-10-6-4-8-18(22)2)26-28-21-9-5-7-11-23(21)33-26/h4-15,19H,16H2,1-3H3,(H,27,30). The minimum atomic E-state index is -0.430. The van der Waals surface area contributed by atoms with Gasteiger partial charge in [-0.15, -0.1) is 11.8 Å². The number of para-hydroxylation sites is 2. The zero-order valence-corrected chi connectivity index (χ0v) is 20.4. The second-order valence-electron chi connectivity index (χ2n) is 7.79. The minimum Gasteiger partial charge on any atom is -0.325 e. The highest BCUT2D eigenvalue weighted by Gasteiger charge is 2.28. The van der Waals surface area contributed by atoms with Gasteiger partial charge in [-0.1, -0.05) is 59.4 Å². The summed E-state index contributed by atoms with van der Waals surface area (Å²) in [7, 11) is 0. The normalized spacial score (nSPS) is 11.8. The molecular formula is C26H25N3O2S2. The first-order chi connectivity index (χ1) is 15.9. The number of nitrogens with zero attached hydrogens (tertiary/aromatic N) is 2. The zero-order valence-electron chi connectivity index (χ0n) is 18.7. The van der Waals surface area contributed by atoms with E-state index in [9.17, 15) is 9.59 Å². The Bertz CT molecular complexity index is 1250. The zero-order chi connectivity index (χ0) is 23.4. The van der Waals surface area contributed by atoms with Gasteiger partial charge in [0.1, 0.15) is 0 Å². The van der Waals surface area contributed by atoms with Crippen molar-refractivity contribution in [1.82, 2.24) is 4.98 Å². The molecule has 0 saturated heterocycles. The quantitative estimate of drug-likeness (QED) is 0.339. The highest BCUT2D eigenvalue weighted by atomic mass is 32.2. The predicted molar refractivity (Wildman–Crippen MR) is 140 cm³/mol. The molecule has 0 fully saturated rings. The number of hydrogen-bond acceptors (Lipinski definition) is 5. The molecule has 1 N–H and O–H groups in total. The first kappa shape index (κ1) is 23.0. The van der Waals surface area contributed by atoms with E-state index in [4.69, 9.17) is 4.98 Å². The number of fused-ring (bicyclic) bond motifs is 1. The summed E-state index contributed by atoms with van der Waals surface area (Å²) in [5.41, 5.74) is 4.54. The van der Waals surface area contributed by atoms with E-state index in [0.717, 1.165) is 32.7 Å². The highest BCUT2D eigenvalue weighted by Crippen LogP contribution is 2.36. The van der Waals surface area contributed by atoms with Crippen LogP contribution in [0.5, 0.6) is 0 Å². The Morgan fingerprint density at radius 1 is 1.00 bits per heavy atom. The summed E-state index contributed by atoms with van der Waals surface area (Å²) in [6, 6.07) is 23.3. The van der Waals surface area contributed by atoms with Gasteiger partial charge in [0, 0.05) is 5.69 Å². The van der Waals surface area contributed by atoms with Crippen LogP contribution in [0.15, 0.2) is 72.8 Å². The summed E-state index contributed by atoms with van der Waals surface area (Å²) in [5, 5.41) is 3.09. The SMILES string of the molecule is Cc1ccc(NC(=O)CSC(C)C(=O)N(c2nc3ccccc3s2)c2ccccc2C)cc1. The summed E-state index contributed by atoms with van der Waals surface area (Å²) in [4.78, 5) is 32.5. The third kappa shape index (κ3) is 5.43. The van der Waals surface area contributed by atoms with Gasteiger partial charge < -0.3 is 5.32 Å². The number of thiazole rings is 1. The Labute approximate surface area is 201 Å². The van der Waals surface area contributed by atoms with E-state index in [2.05, 4.69) is 5.32 Å². The van der Waals surface area contributed by atoms with Crippen LogP contribution < -0.4 is 10.2 Å². The highest BCUT2D eigenvalue weighted by molar-refractivity contribution is 8.01. The van der Waals surface area contributed by atoms with Crippen LogP contribution in [0, 0.1) is 13.8 Å². The van der Waals surface area contributed by atoms with E-state index >= 15 is 0 Å². The number of aryl methyl sites for hydroxylation is 2. The van der Waals surface area contributed by atoms with Crippen molar-refractivity contribution in [3.8, 4) is 0 Å². The summed E-state index contributed by atoms with van der Waals surface area (Å²) in [5.74, 6) is -0.0511. The number of hydrogen-bond donors (Lipinski definition) is 1. The van der Waals surface area contributed by atoms with Gasteiger partial charge in [0.15, 0.2) is 5.13 Å². The molecule has 1 unspecified atom stereocenters. The molecule has 5 nitrogen and oxygen atoms in total. The van der Waals surface area contributed by atoms with E-state index in [1.807, 2.05) is 93.6 Å². The lowest BCUT2D eigenvalue weighted by Crippen LogP contribution is -2.34. The topological polar surface area (TPSA) is 62.3 Å². The molecule has 168 valence electrons. The monoisotopic (exact) mass is 475 g/mol.